The summed E-state index contributed by atoms with van der Waals surface area (Å²) < 4.78 is 0. The van der Waals surface area contributed by atoms with E-state index in [1.807, 2.05) is 58.9 Å². The number of hydrogen-bond donors (Lipinski definition) is 3. The molecule has 0 saturated heterocycles. The first-order valence-corrected chi connectivity index (χ1v) is 18.9. The van der Waals surface area contributed by atoms with Gasteiger partial charge in [0.25, 0.3) is 11.1 Å². The number of H-pyrrole nitrogens is 2. The highest BCUT2D eigenvalue weighted by molar-refractivity contribution is 6.12. The van der Waals surface area contributed by atoms with E-state index in [0.717, 1.165) is 43.4 Å². The Hall–Kier alpha value is -6.40. The van der Waals surface area contributed by atoms with Crippen LogP contribution in [0, 0.1) is 57.2 Å². The quantitative estimate of drug-likeness (QED) is 0.128. The fourth-order valence-corrected chi connectivity index (χ4v) is 7.21. The molecule has 2 aromatic heterocycles. The molecule has 0 unspecified atom stereocenters. The van der Waals surface area contributed by atoms with Crippen molar-refractivity contribution in [3.63, 3.8) is 0 Å². The number of nitriles is 4. The Kier molecular flexibility index (Phi) is 12.7. The molecule has 6 rings (SSSR count). The van der Waals surface area contributed by atoms with Crippen molar-refractivity contribution in [2.45, 2.75) is 98.0 Å². The van der Waals surface area contributed by atoms with E-state index in [2.05, 4.69) is 9.97 Å². The second-order valence-corrected chi connectivity index (χ2v) is 15.2. The number of benzene rings is 2. The summed E-state index contributed by atoms with van der Waals surface area (Å²) in [6, 6.07) is 16.7. The zero-order valence-electron chi connectivity index (χ0n) is 32.3. The van der Waals surface area contributed by atoms with Crippen molar-refractivity contribution in [3.05, 3.63) is 135 Å². The van der Waals surface area contributed by atoms with Crippen molar-refractivity contribution in [1.29, 1.82) is 21.0 Å². The standard InChI is InChI=1S/C23H23N3O2.C22H21N3O3/c1-4-19-18(10-14-5-6-14)21(20(13(2)3)23(28)26-19)22(27)17-8-15(11-24)7-16(9-17)12-25;1-12(2)19-20(17(8-13-3-4-13)18(11-26)25-22(19)28)21(27)16-6-14(9-23)5-15(7-16)10-24/h7-9,13-14H,4-6,10H2,1-3H3,(H,26,28);5-7,12-13,26H,3-4,8,11H2,1-2H3,(H,25,28). The van der Waals surface area contributed by atoms with Crippen molar-refractivity contribution in [3.8, 4) is 24.3 Å². The minimum Gasteiger partial charge on any atom is -0.390 e. The van der Waals surface area contributed by atoms with Gasteiger partial charge in [-0.15, -0.1) is 0 Å². The average molecular weight is 749 g/mol. The van der Waals surface area contributed by atoms with Gasteiger partial charge in [0, 0.05) is 44.8 Å². The highest BCUT2D eigenvalue weighted by Crippen LogP contribution is 2.37. The summed E-state index contributed by atoms with van der Waals surface area (Å²) in [6.07, 6.45) is 6.39. The van der Waals surface area contributed by atoms with Gasteiger partial charge in [0.15, 0.2) is 11.6 Å². The minimum absolute atomic E-state index is 0.124. The molecule has 11 nitrogen and oxygen atoms in total. The van der Waals surface area contributed by atoms with Crippen LogP contribution in [0.5, 0.6) is 0 Å². The third-order valence-electron chi connectivity index (χ3n) is 10.3. The molecule has 56 heavy (non-hydrogen) atoms. The molecule has 3 N–H and O–H groups in total. The zero-order valence-corrected chi connectivity index (χ0v) is 32.3. The van der Waals surface area contributed by atoms with E-state index in [9.17, 15) is 45.3 Å². The zero-order chi connectivity index (χ0) is 40.8. The number of aliphatic hydroxyl groups is 1. The number of aryl methyl sites for hydroxylation is 1. The normalized spacial score (nSPS) is 13.2. The predicted molar refractivity (Wildman–Crippen MR) is 209 cm³/mol. The Morgan fingerprint density at radius 2 is 0.982 bits per heavy atom. The van der Waals surface area contributed by atoms with Crippen molar-refractivity contribution >= 4 is 11.6 Å². The molecule has 0 atom stereocenters. The molecule has 2 saturated carbocycles. The van der Waals surface area contributed by atoms with Gasteiger partial charge in [-0.25, -0.2) is 0 Å². The van der Waals surface area contributed by atoms with Gasteiger partial charge in [-0.1, -0.05) is 34.6 Å². The molecular weight excluding hydrogens is 705 g/mol. The fraction of sp³-hybridized carbons (Fsp3) is 0.378. The maximum absolute atomic E-state index is 13.6. The molecule has 284 valence electrons. The van der Waals surface area contributed by atoms with E-state index in [1.165, 1.54) is 36.4 Å². The van der Waals surface area contributed by atoms with E-state index in [4.69, 9.17) is 0 Å². The maximum atomic E-state index is 13.6. The Bertz CT molecular complexity index is 2270. The molecule has 2 fully saturated rings. The number of pyridine rings is 2. The van der Waals surface area contributed by atoms with Crippen LogP contribution in [0.2, 0.25) is 0 Å². The highest BCUT2D eigenvalue weighted by Gasteiger charge is 2.32. The number of carbonyl (C=O) groups is 2. The van der Waals surface area contributed by atoms with Crippen LogP contribution in [-0.2, 0) is 25.9 Å². The van der Waals surface area contributed by atoms with Gasteiger partial charge in [-0.05, 0) is 116 Å². The Balaban J connectivity index is 0.000000214. The summed E-state index contributed by atoms with van der Waals surface area (Å²) in [5.41, 5.74) is 5.18. The van der Waals surface area contributed by atoms with Crippen LogP contribution in [-0.4, -0.2) is 26.6 Å². The van der Waals surface area contributed by atoms with E-state index >= 15 is 0 Å². The lowest BCUT2D eigenvalue weighted by molar-refractivity contribution is 0.102. The van der Waals surface area contributed by atoms with Crippen molar-refractivity contribution in [1.82, 2.24) is 9.97 Å². The maximum Gasteiger partial charge on any atom is 0.252 e. The average Bonchev–Trinajstić information content (AvgIpc) is 4.15. The molecule has 0 radical (unpaired) electrons. The number of aromatic amines is 2. The summed E-state index contributed by atoms with van der Waals surface area (Å²) in [6.45, 7) is 9.09. The van der Waals surface area contributed by atoms with Crippen LogP contribution in [0.3, 0.4) is 0 Å². The highest BCUT2D eigenvalue weighted by atomic mass is 16.3. The number of carbonyl (C=O) groups excluding carboxylic acids is 2. The van der Waals surface area contributed by atoms with Gasteiger partial charge in [-0.2, -0.15) is 21.0 Å². The van der Waals surface area contributed by atoms with Crippen LogP contribution in [0.1, 0.15) is 160 Å². The predicted octanol–water partition coefficient (Wildman–Crippen LogP) is 6.91. The summed E-state index contributed by atoms with van der Waals surface area (Å²) in [5, 5.41) is 46.8. The van der Waals surface area contributed by atoms with Gasteiger partial charge in [0.05, 0.1) is 53.1 Å². The third-order valence-corrected chi connectivity index (χ3v) is 10.3. The summed E-state index contributed by atoms with van der Waals surface area (Å²) in [7, 11) is 0. The summed E-state index contributed by atoms with van der Waals surface area (Å²) >= 11 is 0. The van der Waals surface area contributed by atoms with Gasteiger partial charge in [-0.3, -0.25) is 19.2 Å². The van der Waals surface area contributed by atoms with Gasteiger partial charge in [0.2, 0.25) is 0 Å². The number of rotatable bonds is 12. The van der Waals surface area contributed by atoms with E-state index in [-0.39, 0.29) is 68.7 Å². The first kappa shape index (κ1) is 40.8. The molecule has 0 bridgehead atoms. The van der Waals surface area contributed by atoms with E-state index in [0.29, 0.717) is 58.2 Å². The minimum atomic E-state index is -0.395. The molecule has 2 aliphatic carbocycles. The molecule has 0 spiro atoms. The molecule has 0 amide bonds. The molecule has 4 aromatic rings. The lowest BCUT2D eigenvalue weighted by Gasteiger charge is -2.19. The van der Waals surface area contributed by atoms with E-state index in [1.54, 1.807) is 0 Å². The number of aromatic nitrogens is 2. The molecule has 11 heteroatoms. The van der Waals surface area contributed by atoms with Crippen LogP contribution >= 0.6 is 0 Å². The Labute approximate surface area is 325 Å². The Morgan fingerprint density at radius 3 is 1.27 bits per heavy atom. The van der Waals surface area contributed by atoms with Crippen molar-refractivity contribution in [2.24, 2.45) is 11.8 Å². The number of nitrogens with zero attached hydrogens (tertiary/aromatic N) is 4. The molecule has 2 heterocycles. The smallest absolute Gasteiger partial charge is 0.252 e. The van der Waals surface area contributed by atoms with E-state index < -0.39 is 5.78 Å². The molecule has 0 aliphatic heterocycles. The largest absolute Gasteiger partial charge is 0.390 e. The lowest BCUT2D eigenvalue weighted by Crippen LogP contribution is -2.25. The van der Waals surface area contributed by atoms with Gasteiger partial charge in [0.1, 0.15) is 0 Å². The second kappa shape index (κ2) is 17.4. The van der Waals surface area contributed by atoms with Crippen LogP contribution in [0.25, 0.3) is 0 Å². The third kappa shape index (κ3) is 8.93. The fourth-order valence-electron chi connectivity index (χ4n) is 7.21. The van der Waals surface area contributed by atoms with Gasteiger partial charge < -0.3 is 15.1 Å². The first-order chi connectivity index (χ1) is 26.8. The number of hydrogen-bond acceptors (Lipinski definition) is 9. The molecule has 2 aliphatic rings. The second-order valence-electron chi connectivity index (χ2n) is 15.2. The van der Waals surface area contributed by atoms with Crippen molar-refractivity contribution < 1.29 is 14.7 Å². The number of nitrogens with one attached hydrogen (secondary N) is 2. The Morgan fingerprint density at radius 1 is 0.643 bits per heavy atom. The topological polar surface area (TPSA) is 215 Å². The van der Waals surface area contributed by atoms with Crippen LogP contribution in [0.15, 0.2) is 46.0 Å². The van der Waals surface area contributed by atoms with Crippen LogP contribution < -0.4 is 11.1 Å². The summed E-state index contributed by atoms with van der Waals surface area (Å²) in [5.74, 6) is -0.0302. The molecular formula is C45H44N6O5. The molecule has 2 aromatic carbocycles. The number of aliphatic hydroxyl groups excluding tert-OH is 1. The monoisotopic (exact) mass is 748 g/mol. The summed E-state index contributed by atoms with van der Waals surface area (Å²) in [4.78, 5) is 58.3. The van der Waals surface area contributed by atoms with Crippen molar-refractivity contribution in [2.75, 3.05) is 0 Å². The van der Waals surface area contributed by atoms with Gasteiger partial charge >= 0.3 is 0 Å². The lowest BCUT2D eigenvalue weighted by atomic mass is 9.86. The van der Waals surface area contributed by atoms with Crippen LogP contribution in [0.4, 0.5) is 0 Å². The SMILES string of the molecule is CC(C)c1c(C(=O)c2cc(C#N)cc(C#N)c2)c(CC2CC2)c(CO)[nH]c1=O.CCc1[nH]c(=O)c(C(C)C)c(C(=O)c2cc(C#N)cc(C#N)c2)c1CC1CC1. The number of ketones is 2. The first-order valence-electron chi connectivity index (χ1n) is 18.9.